The highest BCUT2D eigenvalue weighted by molar-refractivity contribution is 4.85. The SMILES string of the molecule is CN(C)CCN(C)CCN(CCN(C)CCN(CCN(C)C)C(C)(C)CN(C)C)CCN(CCN(C)CC(C)(C)CN(C)C)CCN(CCN(C)C)CCN(C)C. The molecule has 0 radical (unpaired) electrons. The van der Waals surface area contributed by atoms with Gasteiger partial charge in [0.1, 0.15) is 0 Å². The van der Waals surface area contributed by atoms with Gasteiger partial charge in [0.05, 0.1) is 0 Å². The first-order chi connectivity index (χ1) is 26.4. The maximum Gasteiger partial charge on any atom is 0.0281 e. The lowest BCUT2D eigenvalue weighted by atomic mass is 9.92. The largest absolute Gasteiger partial charge is 0.309 e. The van der Waals surface area contributed by atoms with E-state index < -0.39 is 0 Å². The summed E-state index contributed by atoms with van der Waals surface area (Å²) in [6.45, 7) is 34.9. The van der Waals surface area contributed by atoms with E-state index in [4.69, 9.17) is 0 Å². The highest BCUT2D eigenvalue weighted by atomic mass is 15.3. The molecule has 0 aromatic rings. The minimum atomic E-state index is 0.123. The number of hydrogen-bond acceptors (Lipinski definition) is 13. The molecule has 0 spiro atoms. The van der Waals surface area contributed by atoms with Crippen molar-refractivity contribution in [3.05, 3.63) is 0 Å². The summed E-state index contributed by atoms with van der Waals surface area (Å²) in [5, 5.41) is 0. The Morgan fingerprint density at radius 1 is 0.246 bits per heavy atom. The molecule has 0 atom stereocenters. The molecule has 0 N–H and O–H groups in total. The lowest BCUT2D eigenvalue weighted by Crippen LogP contribution is -2.54. The summed E-state index contributed by atoms with van der Waals surface area (Å²) >= 11 is 0. The Balaban J connectivity index is 5.97. The van der Waals surface area contributed by atoms with Crippen molar-refractivity contribution in [1.29, 1.82) is 0 Å². The fourth-order valence-corrected chi connectivity index (χ4v) is 7.70. The molecule has 0 aromatic carbocycles. The molecule has 0 aliphatic rings. The van der Waals surface area contributed by atoms with Crippen molar-refractivity contribution < 1.29 is 0 Å². The zero-order valence-electron chi connectivity index (χ0n) is 42.1. The summed E-state index contributed by atoms with van der Waals surface area (Å²) in [6, 6.07) is 0. The second-order valence-electron chi connectivity index (χ2n) is 20.5. The maximum absolute atomic E-state index is 2.77. The van der Waals surface area contributed by atoms with Crippen molar-refractivity contribution in [1.82, 2.24) is 63.7 Å². The van der Waals surface area contributed by atoms with Crippen molar-refractivity contribution in [2.75, 3.05) is 256 Å². The van der Waals surface area contributed by atoms with Crippen LogP contribution in [0, 0.1) is 5.41 Å². The van der Waals surface area contributed by atoms with Crippen LogP contribution in [-0.2, 0) is 0 Å². The quantitative estimate of drug-likeness (QED) is 0.0904. The average Bonchev–Trinajstić information content (AvgIpc) is 3.06. The summed E-state index contributed by atoms with van der Waals surface area (Å²) in [4.78, 5) is 32.5. The van der Waals surface area contributed by atoms with Gasteiger partial charge >= 0.3 is 0 Å². The molecular weight excluding hydrogens is 711 g/mol. The van der Waals surface area contributed by atoms with Crippen LogP contribution in [0.2, 0.25) is 0 Å². The molecule has 57 heavy (non-hydrogen) atoms. The second-order valence-corrected chi connectivity index (χ2v) is 20.5. The first-order valence-corrected chi connectivity index (χ1v) is 22.3. The number of likely N-dealkylation sites (N-methyl/N-ethyl adjacent to an activating group) is 8. The zero-order chi connectivity index (χ0) is 43.8. The second kappa shape index (κ2) is 30.5. The van der Waals surface area contributed by atoms with Crippen LogP contribution >= 0.6 is 0 Å². The summed E-state index contributed by atoms with van der Waals surface area (Å²) in [5.74, 6) is 0. The van der Waals surface area contributed by atoms with Gasteiger partial charge in [-0.25, -0.2) is 0 Å². The van der Waals surface area contributed by atoms with Gasteiger partial charge in [0.15, 0.2) is 0 Å². The van der Waals surface area contributed by atoms with Gasteiger partial charge < -0.3 is 44.1 Å². The van der Waals surface area contributed by atoms with Gasteiger partial charge in [0.2, 0.25) is 0 Å². The molecule has 0 rings (SSSR count). The molecule has 0 saturated heterocycles. The van der Waals surface area contributed by atoms with E-state index in [-0.39, 0.29) is 11.0 Å². The van der Waals surface area contributed by atoms with Gasteiger partial charge in [0, 0.05) is 156 Å². The van der Waals surface area contributed by atoms with Gasteiger partial charge in [-0.2, -0.15) is 0 Å². The molecule has 13 nitrogen and oxygen atoms in total. The Hall–Kier alpha value is -0.520. The highest BCUT2D eigenvalue weighted by Gasteiger charge is 2.27. The summed E-state index contributed by atoms with van der Waals surface area (Å²) in [5.41, 5.74) is 0.378. The number of nitrogens with zero attached hydrogens (tertiary/aromatic N) is 13. The smallest absolute Gasteiger partial charge is 0.0281 e. The van der Waals surface area contributed by atoms with E-state index in [1.54, 1.807) is 0 Å². The van der Waals surface area contributed by atoms with E-state index in [2.05, 4.69) is 197 Å². The fourth-order valence-electron chi connectivity index (χ4n) is 7.70. The van der Waals surface area contributed by atoms with Crippen LogP contribution < -0.4 is 0 Å². The van der Waals surface area contributed by atoms with E-state index in [9.17, 15) is 0 Å². The van der Waals surface area contributed by atoms with Gasteiger partial charge in [-0.15, -0.1) is 0 Å². The van der Waals surface area contributed by atoms with Crippen LogP contribution in [0.4, 0.5) is 0 Å². The molecule has 0 amide bonds. The van der Waals surface area contributed by atoms with E-state index >= 15 is 0 Å². The van der Waals surface area contributed by atoms with E-state index in [0.29, 0.717) is 0 Å². The minimum Gasteiger partial charge on any atom is -0.309 e. The predicted molar refractivity (Wildman–Crippen MR) is 253 cm³/mol. The molecule has 0 aliphatic heterocycles. The van der Waals surface area contributed by atoms with E-state index in [1.807, 2.05) is 0 Å². The van der Waals surface area contributed by atoms with Crippen LogP contribution in [-0.4, -0.2) is 325 Å². The van der Waals surface area contributed by atoms with Crippen LogP contribution in [0.25, 0.3) is 0 Å². The summed E-state index contributed by atoms with van der Waals surface area (Å²) < 4.78 is 0. The predicted octanol–water partition coefficient (Wildman–Crippen LogP) is 1.16. The average molecular weight is 814 g/mol. The third kappa shape index (κ3) is 31.9. The Kier molecular flexibility index (Phi) is 30.2. The molecule has 0 bridgehead atoms. The maximum atomic E-state index is 2.77. The Bertz CT molecular complexity index is 931. The molecule has 0 unspecified atom stereocenters. The standard InChI is InChI=1S/C44H103N13/c1-43(2,40-49(13)14)41-53(19)27-33-56(36-34-54(29-21-46(7)8)30-22-47(9)10)37-35-55(31-25-51(17)24-20-45(5)6)32-26-52(18)28-39-57(38-23-48(11)12)44(3,4)42-50(15)16/h20-42H2,1-19H3. The van der Waals surface area contributed by atoms with Gasteiger partial charge in [-0.3, -0.25) is 19.6 Å². The number of rotatable bonds is 37. The lowest BCUT2D eigenvalue weighted by Gasteiger charge is -2.41. The minimum absolute atomic E-state index is 0.123. The molecule has 13 heteroatoms. The highest BCUT2D eigenvalue weighted by Crippen LogP contribution is 2.17. The van der Waals surface area contributed by atoms with Crippen molar-refractivity contribution >= 4 is 0 Å². The molecule has 0 fully saturated rings. The topological polar surface area (TPSA) is 42.1 Å². The monoisotopic (exact) mass is 814 g/mol. The third-order valence-corrected chi connectivity index (χ3v) is 11.1. The Labute approximate surface area is 357 Å². The van der Waals surface area contributed by atoms with Crippen molar-refractivity contribution in [2.45, 2.75) is 33.2 Å². The van der Waals surface area contributed by atoms with Crippen LogP contribution in [0.1, 0.15) is 27.7 Å². The van der Waals surface area contributed by atoms with E-state index in [1.165, 1.54) is 0 Å². The first-order valence-electron chi connectivity index (χ1n) is 22.3. The van der Waals surface area contributed by atoms with Crippen LogP contribution in [0.15, 0.2) is 0 Å². The third-order valence-electron chi connectivity index (χ3n) is 11.1. The van der Waals surface area contributed by atoms with Crippen molar-refractivity contribution in [2.24, 2.45) is 5.41 Å². The van der Waals surface area contributed by atoms with Gasteiger partial charge in [-0.1, -0.05) is 13.8 Å². The Morgan fingerprint density at radius 3 is 0.877 bits per heavy atom. The first kappa shape index (κ1) is 56.5. The molecule has 0 heterocycles. The van der Waals surface area contributed by atoms with Crippen molar-refractivity contribution in [3.8, 4) is 0 Å². The van der Waals surface area contributed by atoms with Crippen LogP contribution in [0.5, 0.6) is 0 Å². The normalized spacial score (nSPS) is 13.7. The molecular formula is C44H103N13. The molecule has 0 aliphatic carbocycles. The zero-order valence-corrected chi connectivity index (χ0v) is 42.1. The Morgan fingerprint density at radius 2 is 0.509 bits per heavy atom. The summed E-state index contributed by atoms with van der Waals surface area (Å²) in [7, 11) is 33.3. The van der Waals surface area contributed by atoms with Crippen molar-refractivity contribution in [3.63, 3.8) is 0 Å². The molecule has 0 saturated carbocycles. The number of hydrogen-bond donors (Lipinski definition) is 0. The molecule has 0 aromatic heterocycles. The van der Waals surface area contributed by atoms with Gasteiger partial charge in [-0.05, 0) is 125 Å². The lowest BCUT2D eigenvalue weighted by molar-refractivity contribution is 0.0725. The molecule has 344 valence electrons. The van der Waals surface area contributed by atoms with Crippen LogP contribution in [0.3, 0.4) is 0 Å². The summed E-state index contributed by atoms with van der Waals surface area (Å²) in [6.07, 6.45) is 0. The fraction of sp³-hybridized carbons (Fsp3) is 1.00. The van der Waals surface area contributed by atoms with Gasteiger partial charge in [0.25, 0.3) is 0 Å². The van der Waals surface area contributed by atoms with E-state index in [0.717, 1.165) is 151 Å².